The quantitative estimate of drug-likeness (QED) is 0.473. The summed E-state index contributed by atoms with van der Waals surface area (Å²) in [6.07, 6.45) is 0. The summed E-state index contributed by atoms with van der Waals surface area (Å²) in [5.41, 5.74) is 0. The summed E-state index contributed by atoms with van der Waals surface area (Å²) in [4.78, 5) is 0. The summed E-state index contributed by atoms with van der Waals surface area (Å²) < 4.78 is 0. The van der Waals surface area contributed by atoms with Gasteiger partial charge >= 0.3 is 0 Å². The molecular formula is C14H8Cl2. The van der Waals surface area contributed by atoms with Crippen molar-refractivity contribution >= 4 is 44.7 Å². The second kappa shape index (κ2) is 3.65. The van der Waals surface area contributed by atoms with Crippen LogP contribution >= 0.6 is 23.2 Å². The first kappa shape index (κ1) is 9.95. The minimum Gasteiger partial charge on any atom is -0.0843 e. The lowest BCUT2D eigenvalue weighted by molar-refractivity contribution is 1.76. The van der Waals surface area contributed by atoms with Gasteiger partial charge in [0.05, 0.1) is 0 Å². The number of halogens is 2. The van der Waals surface area contributed by atoms with E-state index in [0.29, 0.717) is 0 Å². The van der Waals surface area contributed by atoms with Gasteiger partial charge in [0.25, 0.3) is 0 Å². The van der Waals surface area contributed by atoms with E-state index < -0.39 is 0 Å². The molecule has 0 saturated carbocycles. The van der Waals surface area contributed by atoms with Gasteiger partial charge in [-0.25, -0.2) is 0 Å². The Morgan fingerprint density at radius 1 is 0.562 bits per heavy atom. The first-order chi connectivity index (χ1) is 7.74. The van der Waals surface area contributed by atoms with E-state index in [1.54, 1.807) is 0 Å². The standard InChI is InChI=1S/C14H8Cl2/c15-11-5-6-13-10(7-11)2-1-9-3-4-12(16)8-14(9)13/h1-8H. The minimum atomic E-state index is 0.758. The third-order valence-corrected chi connectivity index (χ3v) is 3.23. The lowest BCUT2D eigenvalue weighted by Gasteiger charge is -2.04. The molecule has 0 radical (unpaired) electrons. The van der Waals surface area contributed by atoms with Crippen LogP contribution in [0.25, 0.3) is 21.5 Å². The molecule has 3 aromatic carbocycles. The zero-order valence-electron chi connectivity index (χ0n) is 8.37. The fraction of sp³-hybridized carbons (Fsp3) is 0. The van der Waals surface area contributed by atoms with Crippen LogP contribution in [-0.4, -0.2) is 0 Å². The smallest absolute Gasteiger partial charge is 0.0412 e. The highest BCUT2D eigenvalue weighted by Crippen LogP contribution is 2.29. The summed E-state index contributed by atoms with van der Waals surface area (Å²) in [5, 5.41) is 6.20. The van der Waals surface area contributed by atoms with Crippen LogP contribution in [0, 0.1) is 0 Å². The maximum absolute atomic E-state index is 6.02. The van der Waals surface area contributed by atoms with Crippen LogP contribution in [0.15, 0.2) is 48.5 Å². The van der Waals surface area contributed by atoms with E-state index in [4.69, 9.17) is 23.2 Å². The van der Waals surface area contributed by atoms with Gasteiger partial charge in [-0.1, -0.05) is 47.5 Å². The molecule has 0 aliphatic rings. The van der Waals surface area contributed by atoms with Crippen molar-refractivity contribution in [3.8, 4) is 0 Å². The molecule has 0 amide bonds. The second-order valence-corrected chi connectivity index (χ2v) is 4.67. The molecule has 3 aromatic rings. The monoisotopic (exact) mass is 246 g/mol. The Bertz CT molecular complexity index is 687. The Hall–Kier alpha value is -1.24. The summed E-state index contributed by atoms with van der Waals surface area (Å²) >= 11 is 12.0. The average molecular weight is 247 g/mol. The molecule has 0 spiro atoms. The Kier molecular flexibility index (Phi) is 2.27. The van der Waals surface area contributed by atoms with Crippen molar-refractivity contribution in [3.05, 3.63) is 58.6 Å². The van der Waals surface area contributed by atoms with Crippen LogP contribution in [0.3, 0.4) is 0 Å². The van der Waals surface area contributed by atoms with E-state index in [0.717, 1.165) is 15.4 Å². The molecule has 0 aromatic heterocycles. The van der Waals surface area contributed by atoms with Gasteiger partial charge in [0, 0.05) is 10.0 Å². The molecule has 0 N–H and O–H groups in total. The van der Waals surface area contributed by atoms with Crippen molar-refractivity contribution in [3.63, 3.8) is 0 Å². The number of benzene rings is 3. The molecule has 0 aliphatic carbocycles. The lowest BCUT2D eigenvalue weighted by Crippen LogP contribution is -1.77. The molecule has 0 aliphatic heterocycles. The summed E-state index contributed by atoms with van der Waals surface area (Å²) in [7, 11) is 0. The van der Waals surface area contributed by atoms with Gasteiger partial charge < -0.3 is 0 Å². The largest absolute Gasteiger partial charge is 0.0843 e. The Labute approximate surface area is 103 Å². The normalized spacial score (nSPS) is 11.1. The predicted octanol–water partition coefficient (Wildman–Crippen LogP) is 5.30. The first-order valence-electron chi connectivity index (χ1n) is 5.01. The number of fused-ring (bicyclic) bond motifs is 3. The predicted molar refractivity (Wildman–Crippen MR) is 71.5 cm³/mol. The molecular weight excluding hydrogens is 239 g/mol. The zero-order valence-corrected chi connectivity index (χ0v) is 9.89. The van der Waals surface area contributed by atoms with Crippen LogP contribution in [0.2, 0.25) is 10.0 Å². The molecule has 2 heteroatoms. The van der Waals surface area contributed by atoms with Gasteiger partial charge in [-0.05, 0) is 45.8 Å². The molecule has 0 nitrogen and oxygen atoms in total. The highest BCUT2D eigenvalue weighted by molar-refractivity contribution is 6.32. The highest BCUT2D eigenvalue weighted by atomic mass is 35.5. The van der Waals surface area contributed by atoms with Gasteiger partial charge in [-0.3, -0.25) is 0 Å². The van der Waals surface area contributed by atoms with Gasteiger partial charge in [0.15, 0.2) is 0 Å². The molecule has 0 saturated heterocycles. The van der Waals surface area contributed by atoms with Crippen molar-refractivity contribution < 1.29 is 0 Å². The van der Waals surface area contributed by atoms with E-state index in [9.17, 15) is 0 Å². The van der Waals surface area contributed by atoms with E-state index in [1.165, 1.54) is 16.2 Å². The van der Waals surface area contributed by atoms with E-state index in [1.807, 2.05) is 36.4 Å². The molecule has 78 valence electrons. The highest BCUT2D eigenvalue weighted by Gasteiger charge is 2.01. The van der Waals surface area contributed by atoms with Crippen molar-refractivity contribution in [2.45, 2.75) is 0 Å². The van der Waals surface area contributed by atoms with E-state index >= 15 is 0 Å². The van der Waals surface area contributed by atoms with Crippen molar-refractivity contribution in [2.24, 2.45) is 0 Å². The number of rotatable bonds is 0. The molecule has 0 unspecified atom stereocenters. The molecule has 0 heterocycles. The van der Waals surface area contributed by atoms with Gasteiger partial charge in [-0.2, -0.15) is 0 Å². The average Bonchev–Trinajstić information content (AvgIpc) is 2.28. The maximum atomic E-state index is 6.02. The fourth-order valence-electron chi connectivity index (χ4n) is 2.00. The zero-order chi connectivity index (χ0) is 11.1. The molecule has 0 bridgehead atoms. The first-order valence-corrected chi connectivity index (χ1v) is 5.77. The van der Waals surface area contributed by atoms with Crippen molar-refractivity contribution in [1.82, 2.24) is 0 Å². The van der Waals surface area contributed by atoms with Crippen LogP contribution in [-0.2, 0) is 0 Å². The summed E-state index contributed by atoms with van der Waals surface area (Å²) in [5.74, 6) is 0. The second-order valence-electron chi connectivity index (χ2n) is 3.80. The molecule has 0 atom stereocenters. The SMILES string of the molecule is Clc1ccc2c(ccc3ccc(Cl)cc32)c1. The number of hydrogen-bond acceptors (Lipinski definition) is 0. The van der Waals surface area contributed by atoms with Crippen LogP contribution < -0.4 is 0 Å². The van der Waals surface area contributed by atoms with Gasteiger partial charge in [0.2, 0.25) is 0 Å². The summed E-state index contributed by atoms with van der Waals surface area (Å²) in [6.45, 7) is 0. The van der Waals surface area contributed by atoms with Crippen molar-refractivity contribution in [2.75, 3.05) is 0 Å². The van der Waals surface area contributed by atoms with E-state index in [-0.39, 0.29) is 0 Å². The Morgan fingerprint density at radius 3 is 2.06 bits per heavy atom. The van der Waals surface area contributed by atoms with Crippen LogP contribution in [0.5, 0.6) is 0 Å². The van der Waals surface area contributed by atoms with Gasteiger partial charge in [0.1, 0.15) is 0 Å². The van der Waals surface area contributed by atoms with Crippen LogP contribution in [0.1, 0.15) is 0 Å². The lowest BCUT2D eigenvalue weighted by atomic mass is 10.0. The topological polar surface area (TPSA) is 0 Å². The van der Waals surface area contributed by atoms with E-state index in [2.05, 4.69) is 12.1 Å². The van der Waals surface area contributed by atoms with Gasteiger partial charge in [-0.15, -0.1) is 0 Å². The molecule has 0 fully saturated rings. The number of hydrogen-bond donors (Lipinski definition) is 0. The minimum absolute atomic E-state index is 0.758. The maximum Gasteiger partial charge on any atom is 0.0412 e. The third kappa shape index (κ3) is 1.55. The molecule has 3 rings (SSSR count). The third-order valence-electron chi connectivity index (χ3n) is 2.76. The van der Waals surface area contributed by atoms with Crippen molar-refractivity contribution in [1.29, 1.82) is 0 Å². The Morgan fingerprint density at radius 2 is 1.19 bits per heavy atom. The molecule has 16 heavy (non-hydrogen) atoms. The summed E-state index contributed by atoms with van der Waals surface area (Å²) in [6, 6.07) is 16.0. The fourth-order valence-corrected chi connectivity index (χ4v) is 2.36. The Balaban J connectivity index is 2.52. The van der Waals surface area contributed by atoms with Crippen LogP contribution in [0.4, 0.5) is 0 Å².